The molecule has 18 heteroatoms. The molecule has 0 unspecified atom stereocenters. The Morgan fingerprint density at radius 3 is 2.44 bits per heavy atom. The zero-order valence-corrected chi connectivity index (χ0v) is 44.1. The van der Waals surface area contributed by atoms with Gasteiger partial charge in [0.25, 0.3) is 5.91 Å². The van der Waals surface area contributed by atoms with Crippen molar-refractivity contribution >= 4 is 79.8 Å². The number of hydrogen-bond acceptors (Lipinski definition) is 13. The Morgan fingerprint density at radius 2 is 1.67 bits per heavy atom. The van der Waals surface area contributed by atoms with E-state index in [0.717, 1.165) is 78.3 Å². The number of ether oxygens (including phenoxy) is 1. The van der Waals surface area contributed by atoms with E-state index in [1.165, 1.54) is 27.4 Å². The van der Waals surface area contributed by atoms with Crippen molar-refractivity contribution in [2.24, 2.45) is 5.92 Å². The Hall–Kier alpha value is -6.96. The van der Waals surface area contributed by atoms with Gasteiger partial charge in [0.15, 0.2) is 22.1 Å². The van der Waals surface area contributed by atoms with Crippen LogP contribution >= 0.6 is 23.1 Å². The molecule has 0 atom stereocenters. The molecule has 0 radical (unpaired) electrons. The van der Waals surface area contributed by atoms with Crippen LogP contribution in [0.3, 0.4) is 0 Å². The van der Waals surface area contributed by atoms with E-state index in [1.54, 1.807) is 27.8 Å². The Morgan fingerprint density at radius 1 is 0.863 bits per heavy atom. The number of aryl methyl sites for hydroxylation is 1. The molecule has 1 saturated heterocycles. The highest BCUT2D eigenvalue weighted by Crippen LogP contribution is 2.35. The quantitative estimate of drug-likeness (QED) is 0.0246. The first-order valence-electron chi connectivity index (χ1n) is 25.0. The minimum absolute atomic E-state index is 0.0175. The maximum absolute atomic E-state index is 13.0. The minimum Gasteiger partial charge on any atom is -0.444 e. The number of thioether (sulfide) groups is 1. The standard InChI is InChI=1S/C55H64N12O4S2/c1-7-30-72-53-61-50(58-24-25-60-54(70)71-55(3,4)5)49-51(62-53)67(64-63-49)35-38-13-11-37(12-14-38)10-9-23-59-52(69)41-21-27-65(28-22-41)29-26-57-48(68)20-16-40-32-47(73-36-40)42-17-18-43-44-31-39(34-56-6)15-19-45(44)66(8-2)46(43)33-42/h11-15,17-19,31-33,36,41,56H,7-8,21-30,34-35H2,1-6H3,(H,57,68)(H,59,69)(H,60,70)(H,58,61,62). The zero-order chi connectivity index (χ0) is 51.3. The van der Waals surface area contributed by atoms with Crippen LogP contribution in [0.15, 0.2) is 77.3 Å². The summed E-state index contributed by atoms with van der Waals surface area (Å²) in [6.45, 7) is 15.7. The number of amides is 3. The van der Waals surface area contributed by atoms with Crippen molar-refractivity contribution in [1.82, 2.24) is 55.7 Å². The summed E-state index contributed by atoms with van der Waals surface area (Å²) in [7, 11) is 1.97. The van der Waals surface area contributed by atoms with E-state index in [9.17, 15) is 14.4 Å². The molecule has 5 heterocycles. The molecule has 1 fully saturated rings. The van der Waals surface area contributed by atoms with Crippen LogP contribution in [0, 0.1) is 29.6 Å². The number of benzene rings is 3. The van der Waals surface area contributed by atoms with Gasteiger partial charge in [0, 0.05) is 100 Å². The summed E-state index contributed by atoms with van der Waals surface area (Å²) >= 11 is 3.20. The van der Waals surface area contributed by atoms with Crippen LogP contribution < -0.4 is 26.6 Å². The van der Waals surface area contributed by atoms with E-state index in [-0.39, 0.29) is 24.3 Å². The number of carbonyl (C=O) groups excluding carboxylic acids is 3. The van der Waals surface area contributed by atoms with Crippen LogP contribution in [0.1, 0.15) is 76.1 Å². The molecule has 73 heavy (non-hydrogen) atoms. The van der Waals surface area contributed by atoms with Crippen LogP contribution in [0.25, 0.3) is 43.4 Å². The summed E-state index contributed by atoms with van der Waals surface area (Å²) in [4.78, 5) is 50.7. The maximum atomic E-state index is 13.0. The number of rotatable bonds is 18. The molecule has 3 aromatic carbocycles. The van der Waals surface area contributed by atoms with E-state index >= 15 is 0 Å². The van der Waals surface area contributed by atoms with E-state index in [0.29, 0.717) is 54.9 Å². The number of piperidine rings is 1. The van der Waals surface area contributed by atoms with Crippen molar-refractivity contribution < 1.29 is 19.1 Å². The predicted molar refractivity (Wildman–Crippen MR) is 293 cm³/mol. The van der Waals surface area contributed by atoms with Gasteiger partial charge in [-0.25, -0.2) is 19.4 Å². The Kier molecular flexibility index (Phi) is 17.7. The third-order valence-corrected chi connectivity index (χ3v) is 14.3. The molecule has 0 bridgehead atoms. The second kappa shape index (κ2) is 24.6. The van der Waals surface area contributed by atoms with Gasteiger partial charge in [0.1, 0.15) is 5.60 Å². The van der Waals surface area contributed by atoms with E-state index in [2.05, 4.69) is 131 Å². The fraction of sp³-hybridized carbons (Fsp3) is 0.400. The number of nitrogens with one attached hydrogen (secondary N) is 5. The summed E-state index contributed by atoms with van der Waals surface area (Å²) in [6.07, 6.45) is 1.99. The largest absolute Gasteiger partial charge is 0.444 e. The van der Waals surface area contributed by atoms with Gasteiger partial charge >= 0.3 is 6.09 Å². The molecule has 3 amide bonds. The average molecular weight is 1020 g/mol. The van der Waals surface area contributed by atoms with Gasteiger partial charge in [-0.05, 0) is 120 Å². The first-order chi connectivity index (χ1) is 35.4. The molecule has 0 aliphatic carbocycles. The molecule has 1 aliphatic heterocycles. The topological polar surface area (TPSA) is 185 Å². The van der Waals surface area contributed by atoms with Crippen LogP contribution in [-0.2, 0) is 34.0 Å². The predicted octanol–water partition coefficient (Wildman–Crippen LogP) is 7.63. The van der Waals surface area contributed by atoms with E-state index in [1.807, 2.05) is 57.5 Å². The molecule has 5 N–H and O–H groups in total. The number of likely N-dealkylation sites (tertiary alicyclic amines) is 1. The first kappa shape index (κ1) is 52.4. The third kappa shape index (κ3) is 14.0. The molecule has 4 aromatic heterocycles. The second-order valence-electron chi connectivity index (χ2n) is 18.9. The lowest BCUT2D eigenvalue weighted by molar-refractivity contribution is -0.126. The number of alkyl carbamates (subject to hydrolysis) is 1. The van der Waals surface area contributed by atoms with Crippen molar-refractivity contribution in [2.45, 2.75) is 84.3 Å². The molecule has 380 valence electrons. The molecular weight excluding hydrogens is 957 g/mol. The van der Waals surface area contributed by atoms with E-state index < -0.39 is 11.7 Å². The van der Waals surface area contributed by atoms with Crippen molar-refractivity contribution in [3.05, 3.63) is 94.4 Å². The lowest BCUT2D eigenvalue weighted by Gasteiger charge is -2.31. The summed E-state index contributed by atoms with van der Waals surface area (Å²) in [5.74, 6) is 13.1. The number of thiophene rings is 1. The molecule has 0 saturated carbocycles. The zero-order valence-electron chi connectivity index (χ0n) is 42.5. The third-order valence-electron chi connectivity index (χ3n) is 12.2. The van der Waals surface area contributed by atoms with Gasteiger partial charge in [-0.3, -0.25) is 9.59 Å². The van der Waals surface area contributed by atoms with Gasteiger partial charge in [0.2, 0.25) is 5.91 Å². The molecular formula is C55H64N12O4S2. The minimum atomic E-state index is -0.577. The maximum Gasteiger partial charge on any atom is 0.407 e. The van der Waals surface area contributed by atoms with Gasteiger partial charge in [-0.15, -0.1) is 16.4 Å². The number of nitrogens with zero attached hydrogens (tertiary/aromatic N) is 7. The Bertz CT molecular complexity index is 3200. The molecule has 1 aliphatic rings. The van der Waals surface area contributed by atoms with Gasteiger partial charge in [-0.2, -0.15) is 0 Å². The lowest BCUT2D eigenvalue weighted by atomic mass is 9.96. The highest BCUT2D eigenvalue weighted by molar-refractivity contribution is 7.99. The van der Waals surface area contributed by atoms with Crippen molar-refractivity contribution in [3.8, 4) is 34.1 Å². The summed E-state index contributed by atoms with van der Waals surface area (Å²) < 4.78 is 9.45. The van der Waals surface area contributed by atoms with Crippen molar-refractivity contribution in [2.75, 3.05) is 63.9 Å². The average Bonchev–Trinajstić information content (AvgIpc) is 4.11. The number of hydrogen-bond donors (Lipinski definition) is 5. The SMILES string of the molecule is CCCSc1nc(NCCNC(=O)OC(C)(C)C)c2nnn(Cc3ccc(C#CCNC(=O)C4CCN(CCNC(=O)C#Cc5csc(-c6ccc7c8cc(CNC)ccc8n(CC)c7c6)c5)CC4)cc3)c2n1. The van der Waals surface area contributed by atoms with Crippen molar-refractivity contribution in [1.29, 1.82) is 0 Å². The number of aromatic nitrogens is 6. The van der Waals surface area contributed by atoms with Crippen LogP contribution in [0.4, 0.5) is 10.6 Å². The summed E-state index contributed by atoms with van der Waals surface area (Å²) in [5.41, 5.74) is 8.08. The summed E-state index contributed by atoms with van der Waals surface area (Å²) in [5, 5.41) is 29.2. The van der Waals surface area contributed by atoms with Gasteiger partial charge < -0.3 is 40.8 Å². The van der Waals surface area contributed by atoms with Gasteiger partial charge in [0.05, 0.1) is 13.1 Å². The smallest absolute Gasteiger partial charge is 0.407 e. The van der Waals surface area contributed by atoms with Crippen LogP contribution in [-0.4, -0.2) is 117 Å². The number of anilines is 1. The van der Waals surface area contributed by atoms with E-state index in [4.69, 9.17) is 9.72 Å². The fourth-order valence-corrected chi connectivity index (χ4v) is 10.2. The number of carbonyl (C=O) groups is 3. The van der Waals surface area contributed by atoms with Gasteiger partial charge in [-0.1, -0.05) is 72.0 Å². The monoisotopic (exact) mass is 1020 g/mol. The summed E-state index contributed by atoms with van der Waals surface area (Å²) in [6, 6.07) is 23.3. The van der Waals surface area contributed by atoms with Crippen LogP contribution in [0.5, 0.6) is 0 Å². The highest BCUT2D eigenvalue weighted by atomic mass is 32.2. The molecule has 0 spiro atoms. The second-order valence-corrected chi connectivity index (χ2v) is 20.8. The van der Waals surface area contributed by atoms with Crippen molar-refractivity contribution in [3.63, 3.8) is 0 Å². The number of fused-ring (bicyclic) bond motifs is 4. The lowest BCUT2D eigenvalue weighted by Crippen LogP contribution is -2.43. The fourth-order valence-electron chi connectivity index (χ4n) is 8.70. The molecule has 16 nitrogen and oxygen atoms in total. The van der Waals surface area contributed by atoms with Crippen LogP contribution in [0.2, 0.25) is 0 Å². The Labute approximate surface area is 435 Å². The Balaban J connectivity index is 0.746. The normalized spacial score (nSPS) is 13.1. The molecule has 8 rings (SSSR count). The first-order valence-corrected chi connectivity index (χ1v) is 26.8. The molecule has 7 aromatic rings. The highest BCUT2D eigenvalue weighted by Gasteiger charge is 2.25.